The standard InChI is InChI=1S/C24H31N3O5/c1-3-32-24(31)17-11-14-25(15-12-17)21(28)16(2)27-19-9-5-4-8-18(19)22(29)26-13-7-6-10-20(26)23(27)30/h4-5,8-9,16-17,20H,3,6-7,10-15H2,1-2H3/t16-,20+/m1/s1. The number of rotatable bonds is 4. The lowest BCUT2D eigenvalue weighted by Gasteiger charge is -2.38. The molecule has 0 N–H and O–H groups in total. The number of likely N-dealkylation sites (tertiary alicyclic amines) is 1. The van der Waals surface area contributed by atoms with Gasteiger partial charge in [0.25, 0.3) is 11.8 Å². The van der Waals surface area contributed by atoms with Crippen LogP contribution in [-0.4, -0.2) is 71.8 Å². The number of amides is 3. The van der Waals surface area contributed by atoms with E-state index in [1.54, 1.807) is 47.9 Å². The SMILES string of the molecule is CCOC(=O)C1CCN(C(=O)[C@@H](C)N2C(=O)[C@@H]3CCCCN3C(=O)c3ccccc32)CC1. The summed E-state index contributed by atoms with van der Waals surface area (Å²) in [4.78, 5) is 57.2. The topological polar surface area (TPSA) is 87.2 Å². The van der Waals surface area contributed by atoms with Crippen LogP contribution >= 0.6 is 0 Å². The number of fused-ring (bicyclic) bond motifs is 2. The molecular weight excluding hydrogens is 410 g/mol. The number of carbonyl (C=O) groups excluding carboxylic acids is 4. The largest absolute Gasteiger partial charge is 0.466 e. The van der Waals surface area contributed by atoms with E-state index in [0.29, 0.717) is 56.8 Å². The Labute approximate surface area is 188 Å². The monoisotopic (exact) mass is 441 g/mol. The molecule has 3 heterocycles. The molecule has 8 heteroatoms. The van der Waals surface area contributed by atoms with E-state index in [4.69, 9.17) is 4.74 Å². The Morgan fingerprint density at radius 2 is 1.78 bits per heavy atom. The summed E-state index contributed by atoms with van der Waals surface area (Å²) in [5, 5.41) is 0. The highest BCUT2D eigenvalue weighted by atomic mass is 16.5. The van der Waals surface area contributed by atoms with Gasteiger partial charge in [0.1, 0.15) is 12.1 Å². The molecule has 2 saturated heterocycles. The maximum atomic E-state index is 13.6. The van der Waals surface area contributed by atoms with Crippen LogP contribution in [0.1, 0.15) is 56.3 Å². The van der Waals surface area contributed by atoms with Crippen LogP contribution in [0.2, 0.25) is 0 Å². The van der Waals surface area contributed by atoms with Gasteiger partial charge in [-0.1, -0.05) is 12.1 Å². The first-order chi connectivity index (χ1) is 15.4. The van der Waals surface area contributed by atoms with E-state index < -0.39 is 12.1 Å². The lowest BCUT2D eigenvalue weighted by atomic mass is 9.96. The summed E-state index contributed by atoms with van der Waals surface area (Å²) in [6.07, 6.45) is 3.48. The van der Waals surface area contributed by atoms with E-state index in [0.717, 1.165) is 12.8 Å². The van der Waals surface area contributed by atoms with Crippen LogP contribution in [0, 0.1) is 5.92 Å². The second-order valence-corrected chi connectivity index (χ2v) is 8.76. The Morgan fingerprint density at radius 3 is 2.50 bits per heavy atom. The average Bonchev–Trinajstić information content (AvgIpc) is 2.92. The van der Waals surface area contributed by atoms with E-state index in [1.807, 2.05) is 0 Å². The zero-order valence-corrected chi connectivity index (χ0v) is 18.8. The lowest BCUT2D eigenvalue weighted by Crippen LogP contribution is -2.56. The van der Waals surface area contributed by atoms with Gasteiger partial charge in [0.15, 0.2) is 0 Å². The second kappa shape index (κ2) is 9.30. The highest BCUT2D eigenvalue weighted by Crippen LogP contribution is 2.33. The first kappa shape index (κ1) is 22.3. The minimum absolute atomic E-state index is 0.143. The van der Waals surface area contributed by atoms with E-state index in [2.05, 4.69) is 0 Å². The molecule has 32 heavy (non-hydrogen) atoms. The minimum atomic E-state index is -0.738. The molecule has 0 saturated carbocycles. The van der Waals surface area contributed by atoms with Gasteiger partial charge in [0.05, 0.1) is 23.8 Å². The third kappa shape index (κ3) is 3.98. The number of esters is 1. The summed E-state index contributed by atoms with van der Waals surface area (Å²) < 4.78 is 5.12. The first-order valence-electron chi connectivity index (χ1n) is 11.6. The van der Waals surface area contributed by atoms with Crippen molar-refractivity contribution in [3.05, 3.63) is 29.8 Å². The lowest BCUT2D eigenvalue weighted by molar-refractivity contribution is -0.151. The fourth-order valence-corrected chi connectivity index (χ4v) is 5.10. The smallest absolute Gasteiger partial charge is 0.309 e. The fraction of sp³-hybridized carbons (Fsp3) is 0.583. The fourth-order valence-electron chi connectivity index (χ4n) is 5.10. The van der Waals surface area contributed by atoms with Gasteiger partial charge in [-0.25, -0.2) is 0 Å². The van der Waals surface area contributed by atoms with Crippen LogP contribution in [0.25, 0.3) is 0 Å². The van der Waals surface area contributed by atoms with Crippen LogP contribution in [0.5, 0.6) is 0 Å². The minimum Gasteiger partial charge on any atom is -0.466 e. The summed E-state index contributed by atoms with van der Waals surface area (Å²) in [5.74, 6) is -0.892. The molecule has 3 aliphatic rings. The van der Waals surface area contributed by atoms with Crippen molar-refractivity contribution in [2.45, 2.75) is 58.0 Å². The molecule has 8 nitrogen and oxygen atoms in total. The third-order valence-electron chi connectivity index (χ3n) is 6.85. The van der Waals surface area contributed by atoms with Crippen LogP contribution in [0.15, 0.2) is 24.3 Å². The zero-order chi connectivity index (χ0) is 22.8. The van der Waals surface area contributed by atoms with Gasteiger partial charge in [-0.2, -0.15) is 0 Å². The number of carbonyl (C=O) groups is 4. The molecule has 3 amide bonds. The Bertz CT molecular complexity index is 909. The quantitative estimate of drug-likeness (QED) is 0.669. The molecule has 1 aromatic rings. The van der Waals surface area contributed by atoms with Crippen molar-refractivity contribution in [2.75, 3.05) is 31.1 Å². The third-order valence-corrected chi connectivity index (χ3v) is 6.85. The average molecular weight is 442 g/mol. The Kier molecular flexibility index (Phi) is 6.48. The highest BCUT2D eigenvalue weighted by Gasteiger charge is 2.44. The Hall–Kier alpha value is -2.90. The number of para-hydroxylation sites is 1. The molecule has 0 aromatic heterocycles. The Balaban J connectivity index is 1.57. The zero-order valence-electron chi connectivity index (χ0n) is 18.8. The van der Waals surface area contributed by atoms with E-state index in [9.17, 15) is 19.2 Å². The molecule has 2 atom stereocenters. The molecule has 0 unspecified atom stereocenters. The highest BCUT2D eigenvalue weighted by molar-refractivity contribution is 6.13. The predicted molar refractivity (Wildman–Crippen MR) is 118 cm³/mol. The maximum absolute atomic E-state index is 13.6. The van der Waals surface area contributed by atoms with E-state index in [-0.39, 0.29) is 29.6 Å². The van der Waals surface area contributed by atoms with Crippen LogP contribution < -0.4 is 4.90 Å². The maximum Gasteiger partial charge on any atom is 0.309 e. The van der Waals surface area contributed by atoms with Gasteiger partial charge in [0.2, 0.25) is 5.91 Å². The summed E-state index contributed by atoms with van der Waals surface area (Å²) in [5.41, 5.74) is 0.963. The molecule has 0 aliphatic carbocycles. The second-order valence-electron chi connectivity index (χ2n) is 8.76. The molecule has 2 fully saturated rings. The number of piperidine rings is 2. The summed E-state index contributed by atoms with van der Waals surface area (Å²) >= 11 is 0. The van der Waals surface area contributed by atoms with Crippen LogP contribution in [0.3, 0.4) is 0 Å². The summed E-state index contributed by atoms with van der Waals surface area (Å²) in [7, 11) is 0. The predicted octanol–water partition coefficient (Wildman–Crippen LogP) is 2.22. The van der Waals surface area contributed by atoms with Crippen molar-refractivity contribution in [3.8, 4) is 0 Å². The van der Waals surface area contributed by atoms with Gasteiger partial charge in [0, 0.05) is 19.6 Å². The van der Waals surface area contributed by atoms with Gasteiger partial charge in [-0.05, 0) is 58.1 Å². The summed E-state index contributed by atoms with van der Waals surface area (Å²) in [6.45, 7) is 5.32. The van der Waals surface area contributed by atoms with Crippen LogP contribution in [0.4, 0.5) is 5.69 Å². The first-order valence-corrected chi connectivity index (χ1v) is 11.6. The molecule has 172 valence electrons. The summed E-state index contributed by atoms with van der Waals surface area (Å²) in [6, 6.07) is 5.79. The number of hydrogen-bond acceptors (Lipinski definition) is 5. The van der Waals surface area contributed by atoms with Crippen molar-refractivity contribution in [1.29, 1.82) is 0 Å². The number of benzene rings is 1. The molecule has 0 bridgehead atoms. The number of anilines is 1. The van der Waals surface area contributed by atoms with Gasteiger partial charge in [-0.3, -0.25) is 24.1 Å². The number of hydrogen-bond donors (Lipinski definition) is 0. The molecule has 0 spiro atoms. The number of nitrogens with zero attached hydrogens (tertiary/aromatic N) is 3. The van der Waals surface area contributed by atoms with Crippen molar-refractivity contribution in [3.63, 3.8) is 0 Å². The molecular formula is C24H31N3O5. The van der Waals surface area contributed by atoms with E-state index in [1.165, 1.54) is 4.90 Å². The molecule has 0 radical (unpaired) electrons. The van der Waals surface area contributed by atoms with Gasteiger partial charge in [-0.15, -0.1) is 0 Å². The van der Waals surface area contributed by atoms with Crippen molar-refractivity contribution >= 4 is 29.4 Å². The van der Waals surface area contributed by atoms with Gasteiger partial charge >= 0.3 is 5.97 Å². The van der Waals surface area contributed by atoms with E-state index >= 15 is 0 Å². The van der Waals surface area contributed by atoms with Crippen molar-refractivity contribution in [1.82, 2.24) is 9.80 Å². The van der Waals surface area contributed by atoms with Gasteiger partial charge < -0.3 is 14.5 Å². The van der Waals surface area contributed by atoms with Crippen molar-refractivity contribution < 1.29 is 23.9 Å². The normalized spacial score (nSPS) is 22.7. The molecule has 1 aromatic carbocycles. The van der Waals surface area contributed by atoms with Crippen LogP contribution in [-0.2, 0) is 19.1 Å². The Morgan fingerprint density at radius 1 is 1.06 bits per heavy atom. The molecule has 3 aliphatic heterocycles. The molecule has 4 rings (SSSR count). The number of ether oxygens (including phenoxy) is 1. The van der Waals surface area contributed by atoms with Crippen molar-refractivity contribution in [2.24, 2.45) is 5.92 Å².